The van der Waals surface area contributed by atoms with Gasteiger partial charge >= 0.3 is 0 Å². The van der Waals surface area contributed by atoms with Gasteiger partial charge in [-0.1, -0.05) is 19.3 Å². The van der Waals surface area contributed by atoms with E-state index in [4.69, 9.17) is 4.74 Å². The summed E-state index contributed by atoms with van der Waals surface area (Å²) >= 11 is 1.35. The van der Waals surface area contributed by atoms with Crippen LogP contribution in [0.3, 0.4) is 0 Å². The van der Waals surface area contributed by atoms with Crippen LogP contribution in [0.4, 0.5) is 0 Å². The molecule has 1 aliphatic carbocycles. The lowest BCUT2D eigenvalue weighted by atomic mass is 9.85. The number of thiazole rings is 1. The number of nitrogens with zero attached hydrogens (tertiary/aromatic N) is 1. The maximum Gasteiger partial charge on any atom is 0.263 e. The molecule has 0 atom stereocenters. The molecule has 2 N–H and O–H groups in total. The Morgan fingerprint density at radius 3 is 2.80 bits per heavy atom. The molecule has 1 aliphatic rings. The minimum atomic E-state index is -0.734. The summed E-state index contributed by atoms with van der Waals surface area (Å²) in [4.78, 5) is 17.1. The van der Waals surface area contributed by atoms with E-state index in [2.05, 4.69) is 10.3 Å². The fourth-order valence-corrected chi connectivity index (χ4v) is 3.51. The summed E-state index contributed by atoms with van der Waals surface area (Å²) < 4.78 is 5.02. The lowest BCUT2D eigenvalue weighted by molar-refractivity contribution is 0.00528. The molecule has 1 aromatic rings. The predicted molar refractivity (Wildman–Crippen MR) is 77.9 cm³/mol. The number of carbonyl (C=O) groups excluding carboxylic acids is 1. The fraction of sp³-hybridized carbons (Fsp3) is 0.714. The van der Waals surface area contributed by atoms with Crippen molar-refractivity contribution in [3.63, 3.8) is 0 Å². The molecule has 0 aromatic carbocycles. The molecule has 2 rings (SSSR count). The minimum Gasteiger partial charge on any atom is -0.388 e. The predicted octanol–water partition coefficient (Wildman–Crippen LogP) is 2.02. The van der Waals surface area contributed by atoms with Crippen LogP contribution in [-0.2, 0) is 11.3 Å². The summed E-state index contributed by atoms with van der Waals surface area (Å²) in [5, 5.41) is 14.0. The van der Waals surface area contributed by atoms with Gasteiger partial charge in [-0.2, -0.15) is 0 Å². The van der Waals surface area contributed by atoms with E-state index < -0.39 is 5.60 Å². The van der Waals surface area contributed by atoms with Crippen LogP contribution in [0.1, 0.15) is 52.5 Å². The molecule has 0 unspecified atom stereocenters. The highest BCUT2D eigenvalue weighted by Crippen LogP contribution is 2.27. The Kier molecular flexibility index (Phi) is 5.12. The molecule has 0 aliphatic heterocycles. The van der Waals surface area contributed by atoms with E-state index in [0.717, 1.165) is 36.4 Å². The lowest BCUT2D eigenvalue weighted by Gasteiger charge is -2.32. The molecule has 1 fully saturated rings. The Balaban J connectivity index is 1.94. The lowest BCUT2D eigenvalue weighted by Crippen LogP contribution is -2.44. The van der Waals surface area contributed by atoms with Gasteiger partial charge < -0.3 is 15.2 Å². The molecule has 5 nitrogen and oxygen atoms in total. The summed E-state index contributed by atoms with van der Waals surface area (Å²) in [6, 6.07) is 0. The third kappa shape index (κ3) is 3.77. The van der Waals surface area contributed by atoms with Crippen molar-refractivity contribution in [1.82, 2.24) is 10.3 Å². The second kappa shape index (κ2) is 6.65. The maximum atomic E-state index is 12.2. The van der Waals surface area contributed by atoms with E-state index in [1.165, 1.54) is 17.8 Å². The first-order valence-corrected chi connectivity index (χ1v) is 7.81. The molecule has 20 heavy (non-hydrogen) atoms. The number of rotatable bonds is 5. The fourth-order valence-electron chi connectivity index (χ4n) is 2.56. The van der Waals surface area contributed by atoms with Gasteiger partial charge in [-0.05, 0) is 19.8 Å². The van der Waals surface area contributed by atoms with E-state index in [1.807, 2.05) is 6.92 Å². The van der Waals surface area contributed by atoms with Crippen molar-refractivity contribution in [3.05, 3.63) is 15.6 Å². The first-order chi connectivity index (χ1) is 9.54. The zero-order valence-electron chi connectivity index (χ0n) is 12.1. The van der Waals surface area contributed by atoms with Crippen LogP contribution in [0.5, 0.6) is 0 Å². The summed E-state index contributed by atoms with van der Waals surface area (Å²) in [7, 11) is 1.61. The first kappa shape index (κ1) is 15.4. The Hall–Kier alpha value is -0.980. The highest BCUT2D eigenvalue weighted by molar-refractivity contribution is 7.13. The van der Waals surface area contributed by atoms with Crippen molar-refractivity contribution >= 4 is 17.2 Å². The number of nitrogens with one attached hydrogen (secondary N) is 1. The second-order valence-electron chi connectivity index (χ2n) is 5.42. The van der Waals surface area contributed by atoms with Crippen molar-refractivity contribution in [2.75, 3.05) is 13.7 Å². The van der Waals surface area contributed by atoms with Gasteiger partial charge in [0.15, 0.2) is 0 Å². The van der Waals surface area contributed by atoms with Crippen LogP contribution in [0.15, 0.2) is 0 Å². The quantitative estimate of drug-likeness (QED) is 0.872. The van der Waals surface area contributed by atoms with Gasteiger partial charge in [-0.3, -0.25) is 4.79 Å². The summed E-state index contributed by atoms with van der Waals surface area (Å²) in [6.45, 7) is 2.56. The van der Waals surface area contributed by atoms with Crippen molar-refractivity contribution in [1.29, 1.82) is 0 Å². The number of aliphatic hydroxyl groups is 1. The molecule has 1 heterocycles. The number of methoxy groups -OCH3 is 1. The third-order valence-corrected chi connectivity index (χ3v) is 4.81. The summed E-state index contributed by atoms with van der Waals surface area (Å²) in [6.07, 6.45) is 4.77. The molecular weight excluding hydrogens is 276 g/mol. The van der Waals surface area contributed by atoms with Gasteiger partial charge in [0.05, 0.1) is 17.9 Å². The van der Waals surface area contributed by atoms with E-state index in [0.29, 0.717) is 18.0 Å². The smallest absolute Gasteiger partial charge is 0.263 e. The third-order valence-electron chi connectivity index (χ3n) is 3.68. The minimum absolute atomic E-state index is 0.152. The van der Waals surface area contributed by atoms with E-state index in [-0.39, 0.29) is 5.91 Å². The van der Waals surface area contributed by atoms with Gasteiger partial charge in [0, 0.05) is 13.7 Å². The Labute approximate surface area is 123 Å². The van der Waals surface area contributed by atoms with Crippen molar-refractivity contribution in [2.24, 2.45) is 0 Å². The summed E-state index contributed by atoms with van der Waals surface area (Å²) in [5.74, 6) is -0.152. The topological polar surface area (TPSA) is 71.5 Å². The number of hydrogen-bond donors (Lipinski definition) is 2. The average molecular weight is 298 g/mol. The number of ether oxygens (including phenoxy) is 1. The molecule has 1 aromatic heterocycles. The number of amides is 1. The molecule has 0 saturated heterocycles. The monoisotopic (exact) mass is 298 g/mol. The standard InChI is InChI=1S/C14H22N2O3S/c1-10-12(20-11(16-10)8-19-2)13(17)15-9-14(18)6-4-3-5-7-14/h18H,3-9H2,1-2H3,(H,15,17). The van der Waals surface area contributed by atoms with Crippen LogP contribution >= 0.6 is 11.3 Å². The molecule has 0 bridgehead atoms. The van der Waals surface area contributed by atoms with Crippen molar-refractivity contribution < 1.29 is 14.6 Å². The highest BCUT2D eigenvalue weighted by atomic mass is 32.1. The molecule has 1 saturated carbocycles. The Morgan fingerprint density at radius 1 is 1.45 bits per heavy atom. The second-order valence-corrected chi connectivity index (χ2v) is 6.51. The number of aromatic nitrogens is 1. The van der Waals surface area contributed by atoms with E-state index in [9.17, 15) is 9.90 Å². The largest absolute Gasteiger partial charge is 0.388 e. The van der Waals surface area contributed by atoms with Gasteiger partial charge in [-0.25, -0.2) is 4.98 Å². The molecule has 0 spiro atoms. The molecule has 0 radical (unpaired) electrons. The van der Waals surface area contributed by atoms with Crippen LogP contribution in [0.25, 0.3) is 0 Å². The van der Waals surface area contributed by atoms with Crippen LogP contribution in [0, 0.1) is 6.92 Å². The Bertz CT molecular complexity index is 467. The van der Waals surface area contributed by atoms with E-state index >= 15 is 0 Å². The van der Waals surface area contributed by atoms with Crippen molar-refractivity contribution in [3.8, 4) is 0 Å². The first-order valence-electron chi connectivity index (χ1n) is 7.00. The van der Waals surface area contributed by atoms with E-state index in [1.54, 1.807) is 7.11 Å². The highest BCUT2D eigenvalue weighted by Gasteiger charge is 2.30. The number of carbonyl (C=O) groups is 1. The van der Waals surface area contributed by atoms with Gasteiger partial charge in [0.2, 0.25) is 0 Å². The zero-order chi connectivity index (χ0) is 14.6. The zero-order valence-corrected chi connectivity index (χ0v) is 12.9. The van der Waals surface area contributed by atoms with Gasteiger partial charge in [-0.15, -0.1) is 11.3 Å². The summed E-state index contributed by atoms with van der Waals surface area (Å²) in [5.41, 5.74) is -0.0165. The number of aryl methyl sites for hydroxylation is 1. The molecule has 1 amide bonds. The maximum absolute atomic E-state index is 12.2. The molecular formula is C14H22N2O3S. The van der Waals surface area contributed by atoms with Gasteiger partial charge in [0.1, 0.15) is 9.88 Å². The normalized spacial score (nSPS) is 17.9. The SMILES string of the molecule is COCc1nc(C)c(C(=O)NCC2(O)CCCCC2)s1. The van der Waals surface area contributed by atoms with Gasteiger partial charge in [0.25, 0.3) is 5.91 Å². The molecule has 6 heteroatoms. The van der Waals surface area contributed by atoms with Crippen molar-refractivity contribution in [2.45, 2.75) is 51.2 Å². The Morgan fingerprint density at radius 2 is 2.15 bits per heavy atom. The number of hydrogen-bond acceptors (Lipinski definition) is 5. The average Bonchev–Trinajstić information content (AvgIpc) is 2.78. The van der Waals surface area contributed by atoms with Crippen LogP contribution in [-0.4, -0.2) is 35.3 Å². The van der Waals surface area contributed by atoms with Crippen LogP contribution < -0.4 is 5.32 Å². The van der Waals surface area contributed by atoms with Crippen LogP contribution in [0.2, 0.25) is 0 Å². The molecule has 112 valence electrons.